The Labute approximate surface area is 99.5 Å². The predicted octanol–water partition coefficient (Wildman–Crippen LogP) is 1.42. The van der Waals surface area contributed by atoms with Gasteiger partial charge >= 0.3 is 5.97 Å². The van der Waals surface area contributed by atoms with E-state index in [1.807, 2.05) is 0 Å². The summed E-state index contributed by atoms with van der Waals surface area (Å²) in [5.41, 5.74) is 0.992. The average molecular weight is 232 g/mol. The number of methoxy groups -OCH3 is 2. The normalized spacial score (nSPS) is 8.82. The van der Waals surface area contributed by atoms with Crippen molar-refractivity contribution < 1.29 is 19.1 Å². The summed E-state index contributed by atoms with van der Waals surface area (Å²) >= 11 is 0. The molecule has 0 heterocycles. The summed E-state index contributed by atoms with van der Waals surface area (Å²) in [6.07, 6.45) is 0.700. The molecule has 0 spiro atoms. The van der Waals surface area contributed by atoms with E-state index >= 15 is 0 Å². The highest BCUT2D eigenvalue weighted by atomic mass is 16.5. The second kappa shape index (κ2) is 6.33. The van der Waals surface area contributed by atoms with Gasteiger partial charge in [-0.05, 0) is 18.2 Å². The Morgan fingerprint density at radius 1 is 1.41 bits per heavy atom. The van der Waals surface area contributed by atoms with Gasteiger partial charge in [-0.25, -0.2) is 0 Å². The summed E-state index contributed by atoms with van der Waals surface area (Å²) in [4.78, 5) is 21.7. The van der Waals surface area contributed by atoms with Crippen LogP contribution in [0.5, 0.6) is 5.75 Å². The Bertz CT molecular complexity index is 480. The highest BCUT2D eigenvalue weighted by Gasteiger charge is 2.01. The van der Waals surface area contributed by atoms with E-state index in [0.717, 1.165) is 0 Å². The Hall–Kier alpha value is -2.28. The lowest BCUT2D eigenvalue weighted by Gasteiger charge is -2.01. The molecule has 0 N–H and O–H groups in total. The highest BCUT2D eigenvalue weighted by molar-refractivity contribution is 5.80. The van der Waals surface area contributed by atoms with Crippen LogP contribution in [0.15, 0.2) is 18.2 Å². The standard InChI is InChI=1S/C13H12O4/c1-16-12-7-6-10(11(8-12)9-14)4-3-5-13(15)17-2/h6-9H,5H2,1-2H3. The van der Waals surface area contributed by atoms with E-state index in [0.29, 0.717) is 23.2 Å². The smallest absolute Gasteiger partial charge is 0.317 e. The van der Waals surface area contributed by atoms with E-state index in [1.54, 1.807) is 18.2 Å². The van der Waals surface area contributed by atoms with Crippen molar-refractivity contribution in [2.24, 2.45) is 0 Å². The minimum Gasteiger partial charge on any atom is -0.497 e. The van der Waals surface area contributed by atoms with Crippen LogP contribution >= 0.6 is 0 Å². The fraction of sp³-hybridized carbons (Fsp3) is 0.231. The third kappa shape index (κ3) is 3.65. The minimum atomic E-state index is -0.404. The van der Waals surface area contributed by atoms with Gasteiger partial charge in [0.15, 0.2) is 6.29 Å². The predicted molar refractivity (Wildman–Crippen MR) is 61.9 cm³/mol. The summed E-state index contributed by atoms with van der Waals surface area (Å²) in [5, 5.41) is 0. The maximum absolute atomic E-state index is 10.8. The Balaban J connectivity index is 2.90. The van der Waals surface area contributed by atoms with Crippen molar-refractivity contribution in [2.45, 2.75) is 6.42 Å². The molecule has 0 saturated carbocycles. The second-order valence-electron chi connectivity index (χ2n) is 3.13. The summed E-state index contributed by atoms with van der Waals surface area (Å²) < 4.78 is 9.44. The lowest BCUT2D eigenvalue weighted by molar-refractivity contribution is -0.139. The molecule has 4 nitrogen and oxygen atoms in total. The van der Waals surface area contributed by atoms with Gasteiger partial charge in [-0.3, -0.25) is 9.59 Å². The molecule has 0 aromatic heterocycles. The first-order valence-electron chi connectivity index (χ1n) is 4.90. The van der Waals surface area contributed by atoms with Crippen molar-refractivity contribution in [3.63, 3.8) is 0 Å². The molecule has 4 heteroatoms. The molecule has 17 heavy (non-hydrogen) atoms. The van der Waals surface area contributed by atoms with Gasteiger partial charge in [0, 0.05) is 11.1 Å². The third-order valence-electron chi connectivity index (χ3n) is 2.07. The van der Waals surface area contributed by atoms with Crippen molar-refractivity contribution in [3.8, 4) is 17.6 Å². The van der Waals surface area contributed by atoms with Gasteiger partial charge in [0.2, 0.25) is 0 Å². The number of hydrogen-bond acceptors (Lipinski definition) is 4. The zero-order valence-electron chi connectivity index (χ0n) is 9.65. The number of hydrogen-bond donors (Lipinski definition) is 0. The quantitative estimate of drug-likeness (QED) is 0.449. The second-order valence-corrected chi connectivity index (χ2v) is 3.13. The highest BCUT2D eigenvalue weighted by Crippen LogP contribution is 2.15. The largest absolute Gasteiger partial charge is 0.497 e. The number of esters is 1. The molecule has 0 radical (unpaired) electrons. The van der Waals surface area contributed by atoms with E-state index in [1.165, 1.54) is 14.2 Å². The van der Waals surface area contributed by atoms with Crippen LogP contribution in [0.2, 0.25) is 0 Å². The van der Waals surface area contributed by atoms with E-state index in [9.17, 15) is 9.59 Å². The van der Waals surface area contributed by atoms with Crippen molar-refractivity contribution in [2.75, 3.05) is 14.2 Å². The SMILES string of the molecule is COC(=O)CC#Cc1ccc(OC)cc1C=O. The molecule has 0 fully saturated rings. The molecule has 1 aromatic carbocycles. The molecule has 0 atom stereocenters. The number of carbonyl (C=O) groups is 2. The Kier molecular flexibility index (Phi) is 4.77. The number of carbonyl (C=O) groups excluding carboxylic acids is 2. The van der Waals surface area contributed by atoms with Gasteiger partial charge in [-0.15, -0.1) is 0 Å². The first-order valence-corrected chi connectivity index (χ1v) is 4.90. The van der Waals surface area contributed by atoms with Crippen LogP contribution < -0.4 is 4.74 Å². The van der Waals surface area contributed by atoms with Gasteiger partial charge in [-0.1, -0.05) is 11.8 Å². The molecular formula is C13H12O4. The topological polar surface area (TPSA) is 52.6 Å². The van der Waals surface area contributed by atoms with Crippen LogP contribution in [0.4, 0.5) is 0 Å². The summed E-state index contributed by atoms with van der Waals surface area (Å²) in [7, 11) is 2.82. The van der Waals surface area contributed by atoms with Crippen LogP contribution in [0.1, 0.15) is 22.3 Å². The summed E-state index contributed by atoms with van der Waals surface area (Å²) in [6, 6.07) is 4.97. The zero-order chi connectivity index (χ0) is 12.7. The number of rotatable bonds is 3. The molecule has 0 aliphatic carbocycles. The van der Waals surface area contributed by atoms with E-state index < -0.39 is 5.97 Å². The molecule has 1 rings (SSSR count). The first-order chi connectivity index (χ1) is 8.21. The molecule has 0 amide bonds. The maximum atomic E-state index is 10.8. The Morgan fingerprint density at radius 3 is 2.76 bits per heavy atom. The van der Waals surface area contributed by atoms with Crippen LogP contribution in [-0.2, 0) is 9.53 Å². The Morgan fingerprint density at radius 2 is 2.18 bits per heavy atom. The molecule has 0 unspecified atom stereocenters. The lowest BCUT2D eigenvalue weighted by Crippen LogP contribution is -1.97. The fourth-order valence-corrected chi connectivity index (χ4v) is 1.16. The maximum Gasteiger partial charge on any atom is 0.317 e. The van der Waals surface area contributed by atoms with E-state index in [4.69, 9.17) is 4.74 Å². The number of ether oxygens (including phenoxy) is 2. The average Bonchev–Trinajstić information content (AvgIpc) is 2.38. The van der Waals surface area contributed by atoms with Crippen molar-refractivity contribution in [1.82, 2.24) is 0 Å². The van der Waals surface area contributed by atoms with E-state index in [-0.39, 0.29) is 6.42 Å². The molecule has 0 aliphatic heterocycles. The van der Waals surface area contributed by atoms with Crippen molar-refractivity contribution in [1.29, 1.82) is 0 Å². The van der Waals surface area contributed by atoms with Gasteiger partial charge in [0.1, 0.15) is 12.2 Å². The fourth-order valence-electron chi connectivity index (χ4n) is 1.16. The minimum absolute atomic E-state index is 0.000820. The van der Waals surface area contributed by atoms with E-state index in [2.05, 4.69) is 16.6 Å². The monoisotopic (exact) mass is 232 g/mol. The molecule has 1 aromatic rings. The molecule has 0 aliphatic rings. The van der Waals surface area contributed by atoms with Gasteiger partial charge in [0.05, 0.1) is 14.2 Å². The van der Waals surface area contributed by atoms with Crippen molar-refractivity contribution in [3.05, 3.63) is 29.3 Å². The first kappa shape index (κ1) is 12.8. The molecule has 88 valence electrons. The number of benzene rings is 1. The zero-order valence-corrected chi connectivity index (χ0v) is 9.65. The van der Waals surface area contributed by atoms with Crippen LogP contribution in [0.25, 0.3) is 0 Å². The van der Waals surface area contributed by atoms with Gasteiger partial charge in [0.25, 0.3) is 0 Å². The van der Waals surface area contributed by atoms with Gasteiger partial charge < -0.3 is 9.47 Å². The van der Waals surface area contributed by atoms with Crippen molar-refractivity contribution >= 4 is 12.3 Å². The van der Waals surface area contributed by atoms with Crippen LogP contribution in [0.3, 0.4) is 0 Å². The number of aldehydes is 1. The third-order valence-corrected chi connectivity index (χ3v) is 2.07. The van der Waals surface area contributed by atoms with Crippen LogP contribution in [-0.4, -0.2) is 26.5 Å². The van der Waals surface area contributed by atoms with Gasteiger partial charge in [-0.2, -0.15) is 0 Å². The van der Waals surface area contributed by atoms with Crippen LogP contribution in [0, 0.1) is 11.8 Å². The molecular weight excluding hydrogens is 220 g/mol. The lowest BCUT2D eigenvalue weighted by atomic mass is 10.1. The summed E-state index contributed by atoms with van der Waals surface area (Å²) in [5.74, 6) is 5.57. The molecule has 0 saturated heterocycles. The molecule has 0 bridgehead atoms. The summed E-state index contributed by atoms with van der Waals surface area (Å²) in [6.45, 7) is 0.